The van der Waals surface area contributed by atoms with Crippen LogP contribution in [0.15, 0.2) is 6.20 Å². The van der Waals surface area contributed by atoms with Gasteiger partial charge in [0.05, 0.1) is 6.20 Å². The monoisotopic (exact) mass is 236 g/mol. The molecule has 1 fully saturated rings. The van der Waals surface area contributed by atoms with Gasteiger partial charge in [-0.05, 0) is 19.8 Å². The summed E-state index contributed by atoms with van der Waals surface area (Å²) < 4.78 is 1.54. The molecule has 0 saturated carbocycles. The maximum absolute atomic E-state index is 12.4. The van der Waals surface area contributed by atoms with Crippen molar-refractivity contribution >= 4 is 11.7 Å². The molecule has 1 aromatic rings. The summed E-state index contributed by atoms with van der Waals surface area (Å²) in [5.74, 6) is 0.469. The molecule has 2 N–H and O–H groups in total. The molecule has 1 atom stereocenters. The second-order valence-electron chi connectivity index (χ2n) is 4.76. The molecule has 1 unspecified atom stereocenters. The van der Waals surface area contributed by atoms with E-state index in [9.17, 15) is 4.79 Å². The highest BCUT2D eigenvalue weighted by Gasteiger charge is 2.25. The summed E-state index contributed by atoms with van der Waals surface area (Å²) in [5, 5.41) is 4.02. The molecule has 2 rings (SSSR count). The lowest BCUT2D eigenvalue weighted by Gasteiger charge is -2.26. The standard InChI is InChI=1S/C12H20N4O/c1-9-6-4-3-5-7-16(9)12(17)10-8-14-15(2)11(10)13/h8-9H,3-7,13H2,1-2H3. The van der Waals surface area contributed by atoms with Gasteiger partial charge in [-0.1, -0.05) is 12.8 Å². The fourth-order valence-electron chi connectivity index (χ4n) is 2.34. The fourth-order valence-corrected chi connectivity index (χ4v) is 2.34. The van der Waals surface area contributed by atoms with Gasteiger partial charge in [0.25, 0.3) is 5.91 Å². The molecule has 5 nitrogen and oxygen atoms in total. The van der Waals surface area contributed by atoms with Crippen molar-refractivity contribution in [3.05, 3.63) is 11.8 Å². The number of nitrogen functional groups attached to an aromatic ring is 1. The topological polar surface area (TPSA) is 64.2 Å². The van der Waals surface area contributed by atoms with E-state index in [4.69, 9.17) is 5.73 Å². The van der Waals surface area contributed by atoms with Gasteiger partial charge in [-0.2, -0.15) is 5.10 Å². The highest BCUT2D eigenvalue weighted by Crippen LogP contribution is 2.20. The second-order valence-corrected chi connectivity index (χ2v) is 4.76. The molecule has 1 amide bonds. The summed E-state index contributed by atoms with van der Waals surface area (Å²) in [6.45, 7) is 2.93. The first kappa shape index (κ1) is 12.0. The Labute approximate surface area is 102 Å². The number of nitrogens with two attached hydrogens (primary N) is 1. The van der Waals surface area contributed by atoms with Crippen LogP contribution in [0.5, 0.6) is 0 Å². The van der Waals surface area contributed by atoms with Crippen LogP contribution in [0, 0.1) is 0 Å². The van der Waals surface area contributed by atoms with Crippen LogP contribution < -0.4 is 5.73 Å². The minimum atomic E-state index is 0.0185. The molecule has 0 radical (unpaired) electrons. The van der Waals surface area contributed by atoms with E-state index in [1.54, 1.807) is 13.2 Å². The van der Waals surface area contributed by atoms with Crippen LogP contribution in [0.2, 0.25) is 0 Å². The number of carbonyl (C=O) groups is 1. The van der Waals surface area contributed by atoms with E-state index in [2.05, 4.69) is 12.0 Å². The van der Waals surface area contributed by atoms with Crippen LogP contribution in [0.3, 0.4) is 0 Å². The number of aromatic nitrogens is 2. The smallest absolute Gasteiger partial charge is 0.259 e. The van der Waals surface area contributed by atoms with Crippen LogP contribution in [-0.2, 0) is 7.05 Å². The average molecular weight is 236 g/mol. The van der Waals surface area contributed by atoms with Gasteiger partial charge in [0.1, 0.15) is 11.4 Å². The number of carbonyl (C=O) groups excluding carboxylic acids is 1. The van der Waals surface area contributed by atoms with Crippen molar-refractivity contribution in [2.45, 2.75) is 38.6 Å². The van der Waals surface area contributed by atoms with Gasteiger partial charge in [-0.3, -0.25) is 9.48 Å². The van der Waals surface area contributed by atoms with Crippen LogP contribution in [-0.4, -0.2) is 33.2 Å². The highest BCUT2D eigenvalue weighted by molar-refractivity contribution is 5.98. The van der Waals surface area contributed by atoms with Crippen molar-refractivity contribution in [1.29, 1.82) is 0 Å². The van der Waals surface area contributed by atoms with Gasteiger partial charge >= 0.3 is 0 Å². The molecule has 94 valence electrons. The summed E-state index contributed by atoms with van der Waals surface area (Å²) in [5.41, 5.74) is 6.38. The number of amides is 1. The van der Waals surface area contributed by atoms with E-state index in [0.29, 0.717) is 17.4 Å². The van der Waals surface area contributed by atoms with E-state index in [-0.39, 0.29) is 5.91 Å². The van der Waals surface area contributed by atoms with Gasteiger partial charge in [0.15, 0.2) is 0 Å². The van der Waals surface area contributed by atoms with Crippen molar-refractivity contribution in [1.82, 2.24) is 14.7 Å². The molecule has 2 heterocycles. The van der Waals surface area contributed by atoms with E-state index in [1.165, 1.54) is 17.5 Å². The molecular formula is C12H20N4O. The molecule has 1 aromatic heterocycles. The predicted octanol–water partition coefficient (Wildman–Crippen LogP) is 1.41. The second kappa shape index (κ2) is 4.77. The zero-order valence-electron chi connectivity index (χ0n) is 10.5. The molecule has 17 heavy (non-hydrogen) atoms. The molecule has 0 aromatic carbocycles. The number of nitrogens with zero attached hydrogens (tertiary/aromatic N) is 3. The number of rotatable bonds is 1. The highest BCUT2D eigenvalue weighted by atomic mass is 16.2. The van der Waals surface area contributed by atoms with Crippen molar-refractivity contribution in [2.24, 2.45) is 7.05 Å². The molecule has 5 heteroatoms. The third-order valence-corrected chi connectivity index (χ3v) is 3.53. The lowest BCUT2D eigenvalue weighted by atomic mass is 10.1. The normalized spacial score (nSPS) is 21.3. The average Bonchev–Trinajstić information content (AvgIpc) is 2.52. The Morgan fingerprint density at radius 1 is 1.47 bits per heavy atom. The maximum atomic E-state index is 12.4. The van der Waals surface area contributed by atoms with Crippen LogP contribution in [0.1, 0.15) is 43.0 Å². The predicted molar refractivity (Wildman–Crippen MR) is 66.6 cm³/mol. The largest absolute Gasteiger partial charge is 0.383 e. The third-order valence-electron chi connectivity index (χ3n) is 3.53. The molecule has 1 aliphatic rings. The van der Waals surface area contributed by atoms with E-state index < -0.39 is 0 Å². The molecule has 0 spiro atoms. The number of aryl methyl sites for hydroxylation is 1. The van der Waals surface area contributed by atoms with Gasteiger partial charge in [0.2, 0.25) is 0 Å². The Balaban J connectivity index is 2.21. The first-order valence-electron chi connectivity index (χ1n) is 6.19. The van der Waals surface area contributed by atoms with Crippen molar-refractivity contribution in [3.63, 3.8) is 0 Å². The molecule has 1 aliphatic heterocycles. The van der Waals surface area contributed by atoms with Crippen molar-refractivity contribution < 1.29 is 4.79 Å². The van der Waals surface area contributed by atoms with Crippen molar-refractivity contribution in [3.8, 4) is 0 Å². The lowest BCUT2D eigenvalue weighted by Crippen LogP contribution is -2.38. The van der Waals surface area contributed by atoms with E-state index in [1.807, 2.05) is 4.90 Å². The summed E-state index contributed by atoms with van der Waals surface area (Å²) >= 11 is 0. The van der Waals surface area contributed by atoms with Gasteiger partial charge in [-0.25, -0.2) is 0 Å². The molecular weight excluding hydrogens is 216 g/mol. The van der Waals surface area contributed by atoms with Crippen LogP contribution in [0.25, 0.3) is 0 Å². The molecule has 0 bridgehead atoms. The number of likely N-dealkylation sites (tertiary alicyclic amines) is 1. The summed E-state index contributed by atoms with van der Waals surface area (Å²) in [6, 6.07) is 0.296. The zero-order valence-corrected chi connectivity index (χ0v) is 10.5. The number of anilines is 1. The SMILES string of the molecule is CC1CCCCCN1C(=O)c1cnn(C)c1N. The van der Waals surface area contributed by atoms with Crippen LogP contribution in [0.4, 0.5) is 5.82 Å². The Hall–Kier alpha value is -1.52. The molecule has 0 aliphatic carbocycles. The van der Waals surface area contributed by atoms with Crippen molar-refractivity contribution in [2.75, 3.05) is 12.3 Å². The van der Waals surface area contributed by atoms with Gasteiger partial charge < -0.3 is 10.6 Å². The fraction of sp³-hybridized carbons (Fsp3) is 0.667. The Morgan fingerprint density at radius 2 is 2.24 bits per heavy atom. The van der Waals surface area contributed by atoms with Gasteiger partial charge in [-0.15, -0.1) is 0 Å². The first-order chi connectivity index (χ1) is 8.11. The van der Waals surface area contributed by atoms with E-state index in [0.717, 1.165) is 19.4 Å². The molecule has 1 saturated heterocycles. The lowest BCUT2D eigenvalue weighted by molar-refractivity contribution is 0.0699. The summed E-state index contributed by atoms with van der Waals surface area (Å²) in [7, 11) is 1.75. The third kappa shape index (κ3) is 2.28. The quantitative estimate of drug-likeness (QED) is 0.801. The minimum absolute atomic E-state index is 0.0185. The van der Waals surface area contributed by atoms with Gasteiger partial charge in [0, 0.05) is 19.6 Å². The number of hydrogen-bond acceptors (Lipinski definition) is 3. The minimum Gasteiger partial charge on any atom is -0.383 e. The summed E-state index contributed by atoms with van der Waals surface area (Å²) in [4.78, 5) is 14.3. The Bertz CT molecular complexity index is 413. The maximum Gasteiger partial charge on any atom is 0.259 e. The zero-order chi connectivity index (χ0) is 12.4. The van der Waals surface area contributed by atoms with E-state index >= 15 is 0 Å². The number of hydrogen-bond donors (Lipinski definition) is 1. The van der Waals surface area contributed by atoms with Crippen LogP contribution >= 0.6 is 0 Å². The Morgan fingerprint density at radius 3 is 2.88 bits per heavy atom. The first-order valence-corrected chi connectivity index (χ1v) is 6.19. The Kier molecular flexibility index (Phi) is 3.36. The summed E-state index contributed by atoms with van der Waals surface area (Å²) in [6.07, 6.45) is 6.13.